The normalized spacial score (nSPS) is 14.2. The third-order valence-corrected chi connectivity index (χ3v) is 2.08. The summed E-state index contributed by atoms with van der Waals surface area (Å²) in [6.45, 7) is 0.288. The number of hydrogen-bond donors (Lipinski definition) is 0. The van der Waals surface area contributed by atoms with E-state index in [0.717, 1.165) is 16.0 Å². The molecule has 1 aromatic carbocycles. The van der Waals surface area contributed by atoms with E-state index in [2.05, 4.69) is 4.99 Å². The van der Waals surface area contributed by atoms with Gasteiger partial charge in [0.15, 0.2) is 12.2 Å². The Balaban J connectivity index is 2.45. The van der Waals surface area contributed by atoms with Crippen molar-refractivity contribution in [3.8, 4) is 6.07 Å². The van der Waals surface area contributed by atoms with E-state index in [1.54, 1.807) is 0 Å². The first-order valence-corrected chi connectivity index (χ1v) is 4.28. The molecule has 1 aliphatic rings. The lowest BCUT2D eigenvalue weighted by molar-refractivity contribution is -0.452. The molecule has 1 aliphatic heterocycles. The number of nitriles is 1. The van der Waals surface area contributed by atoms with Crippen molar-refractivity contribution in [3.63, 3.8) is 0 Å². The van der Waals surface area contributed by atoms with E-state index in [-0.39, 0.29) is 13.0 Å². The molecule has 0 saturated heterocycles. The Labute approximate surface area is 81.1 Å². The van der Waals surface area contributed by atoms with E-state index >= 15 is 0 Å². The van der Waals surface area contributed by atoms with E-state index in [0.29, 0.717) is 5.84 Å². The summed E-state index contributed by atoms with van der Waals surface area (Å²) < 4.78 is 0.769. The first kappa shape index (κ1) is 8.57. The minimum absolute atomic E-state index is 0.0673. The van der Waals surface area contributed by atoms with Crippen LogP contribution in [0.2, 0.25) is 0 Å². The van der Waals surface area contributed by atoms with Gasteiger partial charge >= 0.3 is 5.84 Å². The van der Waals surface area contributed by atoms with Gasteiger partial charge in [-0.3, -0.25) is 0 Å². The molecule has 0 bridgehead atoms. The maximum Gasteiger partial charge on any atom is 0.351 e. The van der Waals surface area contributed by atoms with Crippen LogP contribution in [0, 0.1) is 16.2 Å². The van der Waals surface area contributed by atoms with Crippen LogP contribution in [0.3, 0.4) is 0 Å². The van der Waals surface area contributed by atoms with E-state index < -0.39 is 0 Å². The summed E-state index contributed by atoms with van der Waals surface area (Å²) in [5.41, 5.74) is 1.70. The van der Waals surface area contributed by atoms with Gasteiger partial charge < -0.3 is 0 Å². The number of nitroso groups, excluding NO2 is 1. The number of fused-ring (bicyclic) bond motifs is 1. The van der Waals surface area contributed by atoms with Gasteiger partial charge in [0.25, 0.3) is 0 Å². The van der Waals surface area contributed by atoms with Gasteiger partial charge in [0.1, 0.15) is 6.42 Å². The zero-order chi connectivity index (χ0) is 9.97. The molecule has 1 aromatic rings. The number of hydrogen-bond acceptors (Lipinski definition) is 3. The molecular formula is C10H8N3O+. The lowest BCUT2D eigenvalue weighted by atomic mass is 10.1. The molecule has 0 saturated carbocycles. The van der Waals surface area contributed by atoms with Gasteiger partial charge in [-0.15, -0.1) is 0 Å². The van der Waals surface area contributed by atoms with E-state index in [4.69, 9.17) is 5.26 Å². The van der Waals surface area contributed by atoms with Crippen LogP contribution in [0.5, 0.6) is 0 Å². The van der Waals surface area contributed by atoms with Crippen molar-refractivity contribution in [2.45, 2.75) is 13.0 Å². The highest BCUT2D eigenvalue weighted by atomic mass is 16.3. The third-order valence-electron chi connectivity index (χ3n) is 2.08. The van der Waals surface area contributed by atoms with Crippen LogP contribution >= 0.6 is 0 Å². The molecule has 0 radical (unpaired) electrons. The quantitative estimate of drug-likeness (QED) is 0.629. The minimum Gasteiger partial charge on any atom is -0.198 e. The van der Waals surface area contributed by atoms with Crippen LogP contribution in [0.1, 0.15) is 12.0 Å². The SMILES string of the molecule is N#CCC1=Nc2ccccc2C[N+]1=O. The highest BCUT2D eigenvalue weighted by Crippen LogP contribution is 2.24. The second-order valence-electron chi connectivity index (χ2n) is 3.03. The van der Waals surface area contributed by atoms with Crippen LogP contribution in [-0.2, 0) is 6.54 Å². The second-order valence-corrected chi connectivity index (χ2v) is 3.03. The van der Waals surface area contributed by atoms with Crippen molar-refractivity contribution < 1.29 is 4.76 Å². The molecule has 0 aromatic heterocycles. The molecule has 2 rings (SSSR count). The molecule has 0 spiro atoms. The molecule has 4 heteroatoms. The zero-order valence-electron chi connectivity index (χ0n) is 7.47. The van der Waals surface area contributed by atoms with Gasteiger partial charge in [-0.1, -0.05) is 23.1 Å². The van der Waals surface area contributed by atoms with E-state index in [9.17, 15) is 4.91 Å². The van der Waals surface area contributed by atoms with Crippen molar-refractivity contribution in [3.05, 3.63) is 34.7 Å². The van der Waals surface area contributed by atoms with Crippen molar-refractivity contribution in [1.82, 2.24) is 0 Å². The van der Waals surface area contributed by atoms with Gasteiger partial charge in [-0.05, 0) is 15.8 Å². The van der Waals surface area contributed by atoms with E-state index in [1.165, 1.54) is 0 Å². The van der Waals surface area contributed by atoms with Gasteiger partial charge in [0.05, 0.1) is 6.07 Å². The topological polar surface area (TPSA) is 56.2 Å². The molecule has 0 aliphatic carbocycles. The zero-order valence-corrected chi connectivity index (χ0v) is 7.47. The number of benzene rings is 1. The molecule has 4 nitrogen and oxygen atoms in total. The first-order valence-electron chi connectivity index (χ1n) is 4.28. The number of rotatable bonds is 1. The summed E-state index contributed by atoms with van der Waals surface area (Å²) in [6, 6.07) is 9.38. The fourth-order valence-corrected chi connectivity index (χ4v) is 1.39. The number of para-hydroxylation sites is 1. The molecule has 0 fully saturated rings. The van der Waals surface area contributed by atoms with Crippen molar-refractivity contribution in [1.29, 1.82) is 5.26 Å². The lowest BCUT2D eigenvalue weighted by Gasteiger charge is -2.04. The average molecular weight is 186 g/mol. The summed E-state index contributed by atoms with van der Waals surface area (Å²) in [5.74, 6) is 0.297. The Morgan fingerprint density at radius 2 is 2.29 bits per heavy atom. The maximum atomic E-state index is 11.4. The third kappa shape index (κ3) is 1.40. The lowest BCUT2D eigenvalue weighted by Crippen LogP contribution is -2.20. The molecule has 0 N–H and O–H groups in total. The first-order chi connectivity index (χ1) is 6.81. The monoisotopic (exact) mass is 186 g/mol. The minimum atomic E-state index is 0.0673. The molecule has 0 atom stereocenters. The Bertz CT molecular complexity index is 457. The number of nitrogens with zero attached hydrogens (tertiary/aromatic N) is 3. The molecular weight excluding hydrogens is 178 g/mol. The summed E-state index contributed by atoms with van der Waals surface area (Å²) in [7, 11) is 0. The van der Waals surface area contributed by atoms with Gasteiger partial charge in [-0.2, -0.15) is 5.26 Å². The Hall–Kier alpha value is -2.02. The van der Waals surface area contributed by atoms with Gasteiger partial charge in [0, 0.05) is 5.56 Å². The van der Waals surface area contributed by atoms with E-state index in [1.807, 2.05) is 30.3 Å². The Morgan fingerprint density at radius 3 is 3.07 bits per heavy atom. The van der Waals surface area contributed by atoms with Gasteiger partial charge in [0.2, 0.25) is 0 Å². The molecule has 0 amide bonds. The van der Waals surface area contributed by atoms with Crippen LogP contribution in [0.25, 0.3) is 0 Å². The number of aliphatic imine (C=N–C) groups is 1. The largest absolute Gasteiger partial charge is 0.351 e. The molecule has 14 heavy (non-hydrogen) atoms. The van der Waals surface area contributed by atoms with Crippen LogP contribution in [0.15, 0.2) is 29.3 Å². The predicted octanol–water partition coefficient (Wildman–Crippen LogP) is 1.92. The fourth-order valence-electron chi connectivity index (χ4n) is 1.39. The Morgan fingerprint density at radius 1 is 1.50 bits per heavy atom. The standard InChI is InChI=1S/C10H8N3O/c11-6-5-10-12-9-4-2-1-3-8(9)7-13(10)14/h1-4H,5,7H2/q+1. The molecule has 1 heterocycles. The molecule has 68 valence electrons. The van der Waals surface area contributed by atoms with Crippen molar-refractivity contribution in [2.75, 3.05) is 0 Å². The van der Waals surface area contributed by atoms with Crippen molar-refractivity contribution in [2.24, 2.45) is 4.99 Å². The smallest absolute Gasteiger partial charge is 0.198 e. The fraction of sp³-hybridized carbons (Fsp3) is 0.200. The van der Waals surface area contributed by atoms with Crippen molar-refractivity contribution >= 4 is 11.5 Å². The summed E-state index contributed by atoms with van der Waals surface area (Å²) >= 11 is 0. The highest BCUT2D eigenvalue weighted by Gasteiger charge is 2.26. The summed E-state index contributed by atoms with van der Waals surface area (Å²) in [5, 5.41) is 8.49. The van der Waals surface area contributed by atoms with Crippen LogP contribution < -0.4 is 0 Å². The number of amidine groups is 1. The second kappa shape index (κ2) is 3.38. The average Bonchev–Trinajstić information content (AvgIpc) is 2.19. The summed E-state index contributed by atoms with van der Waals surface area (Å²) in [4.78, 5) is 15.5. The van der Waals surface area contributed by atoms with Crippen LogP contribution in [-0.4, -0.2) is 10.6 Å². The summed E-state index contributed by atoms with van der Waals surface area (Å²) in [6.07, 6.45) is 0.0673. The maximum absolute atomic E-state index is 11.4. The van der Waals surface area contributed by atoms with Gasteiger partial charge in [-0.25, -0.2) is 0 Å². The van der Waals surface area contributed by atoms with Crippen LogP contribution in [0.4, 0.5) is 5.69 Å². The highest BCUT2D eigenvalue weighted by molar-refractivity contribution is 5.80. The molecule has 0 unspecified atom stereocenters. The Kier molecular flexibility index (Phi) is 2.07. The predicted molar refractivity (Wildman–Crippen MR) is 51.1 cm³/mol.